The Bertz CT molecular complexity index is 901. The molecule has 5 nitrogen and oxygen atoms in total. The number of fused-ring (bicyclic) bond motifs is 1. The van der Waals surface area contributed by atoms with Crippen molar-refractivity contribution in [1.82, 2.24) is 0 Å². The SMILES string of the molecule is CC1Cc2ccccc2N1S(=O)(=O)c1ccc(/C=C/C(=O)O)cc1. The number of hydrogen-bond donors (Lipinski definition) is 1. The number of carboxylic acid groups (broad SMARTS) is 1. The normalized spacial score (nSPS) is 17.2. The molecular weight excluding hydrogens is 326 g/mol. The molecule has 0 saturated carbocycles. The van der Waals surface area contributed by atoms with Crippen molar-refractivity contribution in [2.75, 3.05) is 4.31 Å². The van der Waals surface area contributed by atoms with Crippen LogP contribution in [0.5, 0.6) is 0 Å². The Morgan fingerprint density at radius 3 is 2.50 bits per heavy atom. The minimum Gasteiger partial charge on any atom is -0.478 e. The third-order valence-electron chi connectivity index (χ3n) is 4.00. The fraction of sp³-hybridized carbons (Fsp3) is 0.167. The molecule has 3 rings (SSSR count). The van der Waals surface area contributed by atoms with Gasteiger partial charge in [0, 0.05) is 12.1 Å². The highest BCUT2D eigenvalue weighted by Crippen LogP contribution is 2.36. The number of aliphatic carboxylic acids is 1. The topological polar surface area (TPSA) is 74.7 Å². The van der Waals surface area contributed by atoms with Gasteiger partial charge >= 0.3 is 5.97 Å². The predicted octanol–water partition coefficient (Wildman–Crippen LogP) is 2.92. The van der Waals surface area contributed by atoms with Crippen LogP contribution in [0.15, 0.2) is 59.5 Å². The predicted molar refractivity (Wildman–Crippen MR) is 92.4 cm³/mol. The van der Waals surface area contributed by atoms with Crippen molar-refractivity contribution in [3.8, 4) is 0 Å². The molecule has 0 bridgehead atoms. The molecule has 1 aliphatic rings. The van der Waals surface area contributed by atoms with Gasteiger partial charge < -0.3 is 5.11 Å². The van der Waals surface area contributed by atoms with E-state index in [9.17, 15) is 13.2 Å². The van der Waals surface area contributed by atoms with Gasteiger partial charge in [0.1, 0.15) is 0 Å². The number of anilines is 1. The van der Waals surface area contributed by atoms with Gasteiger partial charge in [-0.1, -0.05) is 30.3 Å². The number of rotatable bonds is 4. The summed E-state index contributed by atoms with van der Waals surface area (Å²) < 4.78 is 27.5. The summed E-state index contributed by atoms with van der Waals surface area (Å²) in [7, 11) is -3.66. The van der Waals surface area contributed by atoms with Gasteiger partial charge in [0.15, 0.2) is 0 Å². The Morgan fingerprint density at radius 1 is 1.17 bits per heavy atom. The lowest BCUT2D eigenvalue weighted by Gasteiger charge is -2.24. The van der Waals surface area contributed by atoms with E-state index >= 15 is 0 Å². The van der Waals surface area contributed by atoms with Crippen molar-refractivity contribution in [1.29, 1.82) is 0 Å². The molecule has 2 aromatic carbocycles. The van der Waals surface area contributed by atoms with Crippen molar-refractivity contribution in [2.24, 2.45) is 0 Å². The standard InChI is InChI=1S/C18H17NO4S/c1-13-12-15-4-2-3-5-17(15)19(13)24(22,23)16-9-6-14(7-10-16)8-11-18(20)21/h2-11,13H,12H2,1H3,(H,20,21)/b11-8+. The summed E-state index contributed by atoms with van der Waals surface area (Å²) in [5, 5.41) is 8.63. The zero-order chi connectivity index (χ0) is 17.3. The van der Waals surface area contributed by atoms with Crippen LogP contribution in [-0.2, 0) is 21.2 Å². The van der Waals surface area contributed by atoms with Gasteiger partial charge in [-0.15, -0.1) is 0 Å². The van der Waals surface area contributed by atoms with Gasteiger partial charge in [0.2, 0.25) is 0 Å². The van der Waals surface area contributed by atoms with Crippen LogP contribution >= 0.6 is 0 Å². The number of para-hydroxylation sites is 1. The van der Waals surface area contributed by atoms with E-state index in [-0.39, 0.29) is 10.9 Å². The lowest BCUT2D eigenvalue weighted by Crippen LogP contribution is -2.35. The molecule has 1 unspecified atom stereocenters. The summed E-state index contributed by atoms with van der Waals surface area (Å²) in [6.45, 7) is 1.89. The molecule has 6 heteroatoms. The molecule has 1 N–H and O–H groups in total. The number of benzene rings is 2. The maximum Gasteiger partial charge on any atom is 0.328 e. The molecule has 0 fully saturated rings. The third-order valence-corrected chi connectivity index (χ3v) is 5.94. The molecule has 0 aromatic heterocycles. The minimum absolute atomic E-state index is 0.140. The number of hydrogen-bond acceptors (Lipinski definition) is 3. The average Bonchev–Trinajstić information content (AvgIpc) is 2.89. The maximum absolute atomic E-state index is 13.0. The second-order valence-corrected chi connectivity index (χ2v) is 7.54. The van der Waals surface area contributed by atoms with Crippen molar-refractivity contribution in [3.05, 3.63) is 65.7 Å². The molecule has 0 radical (unpaired) electrons. The summed E-state index contributed by atoms with van der Waals surface area (Å²) in [6.07, 6.45) is 3.13. The van der Waals surface area contributed by atoms with E-state index in [0.29, 0.717) is 12.0 Å². The summed E-state index contributed by atoms with van der Waals surface area (Å²) in [5.41, 5.74) is 2.38. The molecule has 24 heavy (non-hydrogen) atoms. The first-order chi connectivity index (χ1) is 11.4. The highest BCUT2D eigenvalue weighted by Gasteiger charge is 2.35. The Hall–Kier alpha value is -2.60. The van der Waals surface area contributed by atoms with Crippen molar-refractivity contribution >= 4 is 27.8 Å². The monoisotopic (exact) mass is 343 g/mol. The van der Waals surface area contributed by atoms with Gasteiger partial charge in [-0.05, 0) is 48.7 Å². The Morgan fingerprint density at radius 2 is 1.83 bits per heavy atom. The van der Waals surface area contributed by atoms with E-state index in [4.69, 9.17) is 5.11 Å². The zero-order valence-electron chi connectivity index (χ0n) is 13.1. The first-order valence-corrected chi connectivity index (χ1v) is 8.97. The van der Waals surface area contributed by atoms with Crippen LogP contribution in [-0.4, -0.2) is 25.5 Å². The quantitative estimate of drug-likeness (QED) is 0.866. The lowest BCUT2D eigenvalue weighted by molar-refractivity contribution is -0.131. The summed E-state index contributed by atoms with van der Waals surface area (Å²) in [4.78, 5) is 10.7. The van der Waals surface area contributed by atoms with Crippen LogP contribution < -0.4 is 4.31 Å². The number of carboxylic acids is 1. The van der Waals surface area contributed by atoms with Crippen LogP contribution in [0.25, 0.3) is 6.08 Å². The molecule has 0 spiro atoms. The van der Waals surface area contributed by atoms with Crippen molar-refractivity contribution in [2.45, 2.75) is 24.3 Å². The molecule has 1 aliphatic heterocycles. The largest absolute Gasteiger partial charge is 0.478 e. The van der Waals surface area contributed by atoms with Crippen LogP contribution in [0.2, 0.25) is 0 Å². The van der Waals surface area contributed by atoms with Crippen LogP contribution in [0.1, 0.15) is 18.1 Å². The molecule has 0 amide bonds. The highest BCUT2D eigenvalue weighted by molar-refractivity contribution is 7.92. The molecule has 1 atom stereocenters. The number of sulfonamides is 1. The molecule has 0 aliphatic carbocycles. The summed E-state index contributed by atoms with van der Waals surface area (Å²) in [6, 6.07) is 13.6. The first kappa shape index (κ1) is 16.3. The van der Waals surface area contributed by atoms with Crippen molar-refractivity contribution < 1.29 is 18.3 Å². The van der Waals surface area contributed by atoms with Gasteiger partial charge in [-0.3, -0.25) is 4.31 Å². The fourth-order valence-corrected chi connectivity index (χ4v) is 4.63. The third kappa shape index (κ3) is 2.92. The van der Waals surface area contributed by atoms with Crippen LogP contribution in [0.3, 0.4) is 0 Å². The van der Waals surface area contributed by atoms with Crippen molar-refractivity contribution in [3.63, 3.8) is 0 Å². The number of nitrogens with zero attached hydrogens (tertiary/aromatic N) is 1. The highest BCUT2D eigenvalue weighted by atomic mass is 32.2. The smallest absolute Gasteiger partial charge is 0.328 e. The molecule has 0 saturated heterocycles. The van der Waals surface area contributed by atoms with Crippen LogP contribution in [0, 0.1) is 0 Å². The Balaban J connectivity index is 1.95. The van der Waals surface area contributed by atoms with Crippen LogP contribution in [0.4, 0.5) is 5.69 Å². The minimum atomic E-state index is -3.66. The lowest BCUT2D eigenvalue weighted by atomic mass is 10.1. The fourth-order valence-electron chi connectivity index (χ4n) is 2.94. The van der Waals surface area contributed by atoms with E-state index < -0.39 is 16.0 Å². The van der Waals surface area contributed by atoms with E-state index in [2.05, 4.69) is 0 Å². The second-order valence-electron chi connectivity index (χ2n) is 5.72. The summed E-state index contributed by atoms with van der Waals surface area (Å²) >= 11 is 0. The van der Waals surface area contributed by atoms with E-state index in [1.54, 1.807) is 12.1 Å². The average molecular weight is 343 g/mol. The first-order valence-electron chi connectivity index (χ1n) is 7.53. The van der Waals surface area contributed by atoms with Gasteiger partial charge in [0.05, 0.1) is 10.6 Å². The molecule has 1 heterocycles. The zero-order valence-corrected chi connectivity index (χ0v) is 13.9. The molecule has 124 valence electrons. The molecule has 2 aromatic rings. The van der Waals surface area contributed by atoms with E-state index in [1.807, 2.05) is 31.2 Å². The van der Waals surface area contributed by atoms with Gasteiger partial charge in [-0.25, -0.2) is 13.2 Å². The summed E-state index contributed by atoms with van der Waals surface area (Å²) in [5.74, 6) is -1.05. The number of carbonyl (C=O) groups is 1. The maximum atomic E-state index is 13.0. The van der Waals surface area contributed by atoms with E-state index in [0.717, 1.165) is 17.3 Å². The molecular formula is C18H17NO4S. The Labute approximate surface area is 140 Å². The van der Waals surface area contributed by atoms with Gasteiger partial charge in [-0.2, -0.15) is 0 Å². The van der Waals surface area contributed by atoms with E-state index in [1.165, 1.54) is 22.5 Å². The Kier molecular flexibility index (Phi) is 4.15. The van der Waals surface area contributed by atoms with Gasteiger partial charge in [0.25, 0.3) is 10.0 Å². The second kappa shape index (κ2) is 6.13.